The van der Waals surface area contributed by atoms with Crippen LogP contribution in [0.2, 0.25) is 0 Å². The number of carbonyl (C=O) groups excluding carboxylic acids is 3. The van der Waals surface area contributed by atoms with E-state index in [1.54, 1.807) is 6.20 Å². The van der Waals surface area contributed by atoms with Crippen molar-refractivity contribution in [2.75, 3.05) is 36.4 Å². The van der Waals surface area contributed by atoms with Crippen molar-refractivity contribution in [3.05, 3.63) is 90.4 Å². The summed E-state index contributed by atoms with van der Waals surface area (Å²) in [7, 11) is 0. The number of benzene rings is 1. The molecule has 3 saturated heterocycles. The molecular weight excluding hydrogens is 808 g/mol. The number of piperidine rings is 3. The maximum Gasteiger partial charge on any atom is 0.249 e. The highest BCUT2D eigenvalue weighted by molar-refractivity contribution is 6.01. The summed E-state index contributed by atoms with van der Waals surface area (Å²) in [6.07, 6.45) is 19.2. The zero-order valence-electron chi connectivity index (χ0n) is 37.2. The van der Waals surface area contributed by atoms with Gasteiger partial charge in [0, 0.05) is 90.4 Å². The van der Waals surface area contributed by atoms with E-state index in [1.807, 2.05) is 49.0 Å². The molecule has 5 aromatic rings. The summed E-state index contributed by atoms with van der Waals surface area (Å²) in [4.78, 5) is 46.6. The Morgan fingerprint density at radius 1 is 0.922 bits per heavy atom. The Bertz CT molecular complexity index is 2550. The molecule has 9 rings (SSSR count). The summed E-state index contributed by atoms with van der Waals surface area (Å²) in [5.41, 5.74) is 6.13. The average molecular weight is 867 g/mol. The number of pyridine rings is 2. The number of nitrogens with one attached hydrogen (secondary N) is 3. The van der Waals surface area contributed by atoms with Gasteiger partial charge in [-0.05, 0) is 139 Å². The van der Waals surface area contributed by atoms with Crippen molar-refractivity contribution in [2.24, 2.45) is 5.41 Å². The summed E-state index contributed by atoms with van der Waals surface area (Å²) < 4.78 is 19.6. The number of nitrogens with zero attached hydrogens (tertiary/aromatic N) is 7. The maximum atomic E-state index is 15.4. The van der Waals surface area contributed by atoms with Crippen LogP contribution in [0.3, 0.4) is 0 Å². The van der Waals surface area contributed by atoms with E-state index in [2.05, 4.69) is 79.0 Å². The highest BCUT2D eigenvalue weighted by Gasteiger charge is 2.40. The molecule has 1 saturated carbocycles. The number of hydrogen-bond donors (Lipinski definition) is 3. The van der Waals surface area contributed by atoms with E-state index in [4.69, 9.17) is 4.98 Å². The molecule has 13 nitrogen and oxygen atoms in total. The predicted octanol–water partition coefficient (Wildman–Crippen LogP) is 7.98. The zero-order valence-corrected chi connectivity index (χ0v) is 37.2. The van der Waals surface area contributed by atoms with Crippen molar-refractivity contribution in [1.82, 2.24) is 34.7 Å². The molecule has 0 spiro atoms. The van der Waals surface area contributed by atoms with Crippen LogP contribution >= 0.6 is 0 Å². The second kappa shape index (κ2) is 18.2. The lowest BCUT2D eigenvalue weighted by atomic mass is 9.75. The van der Waals surface area contributed by atoms with Gasteiger partial charge in [-0.2, -0.15) is 10.4 Å². The second-order valence-electron chi connectivity index (χ2n) is 18.8. The maximum absolute atomic E-state index is 15.4. The van der Waals surface area contributed by atoms with Crippen LogP contribution in [0.25, 0.3) is 27.8 Å². The van der Waals surface area contributed by atoms with Gasteiger partial charge in [0.1, 0.15) is 23.7 Å². The van der Waals surface area contributed by atoms with Crippen LogP contribution in [0.4, 0.5) is 15.9 Å². The third kappa shape index (κ3) is 8.74. The number of hydrogen-bond acceptors (Lipinski definition) is 9. The van der Waals surface area contributed by atoms with Crippen LogP contribution in [0, 0.1) is 22.6 Å². The number of aromatic nitrogens is 4. The summed E-state index contributed by atoms with van der Waals surface area (Å²) in [6.45, 7) is 9.55. The minimum absolute atomic E-state index is 0.118. The van der Waals surface area contributed by atoms with E-state index in [0.29, 0.717) is 29.8 Å². The number of anilines is 2. The van der Waals surface area contributed by atoms with E-state index in [0.717, 1.165) is 123 Å². The molecule has 64 heavy (non-hydrogen) atoms. The molecule has 3 aliphatic heterocycles. The number of fused-ring (bicyclic) bond motifs is 1. The Morgan fingerprint density at radius 2 is 1.69 bits per heavy atom. The van der Waals surface area contributed by atoms with E-state index >= 15 is 4.39 Å². The number of imide groups is 1. The summed E-state index contributed by atoms with van der Waals surface area (Å²) >= 11 is 0. The Hall–Kier alpha value is -6.07. The van der Waals surface area contributed by atoms with Crippen molar-refractivity contribution >= 4 is 34.7 Å². The van der Waals surface area contributed by atoms with Gasteiger partial charge in [-0.25, -0.2) is 13.9 Å². The predicted molar refractivity (Wildman–Crippen MR) is 245 cm³/mol. The fourth-order valence-corrected chi connectivity index (χ4v) is 10.7. The molecule has 3 N–H and O–H groups in total. The molecule has 1 aliphatic carbocycles. The van der Waals surface area contributed by atoms with Crippen molar-refractivity contribution in [3.8, 4) is 28.3 Å². The van der Waals surface area contributed by atoms with Gasteiger partial charge in [0.15, 0.2) is 0 Å². The highest BCUT2D eigenvalue weighted by Crippen LogP contribution is 2.40. The summed E-state index contributed by atoms with van der Waals surface area (Å²) in [6, 6.07) is 16.5. The standard InChI is InChI=1S/C50H59FN10O3/c1-4-50(49(64)55-32(2)3)18-23-59(24-19-50)45-13-5-34(28-53-45)42-25-36(31-61-47(42)37(27-52)29-54-61)35-17-22-60(30-35)40-9-7-39(8-10-40)58-20-15-33(16-21-58)41-11-6-38(26-43(41)51)56-44-12-14-46(62)57-48(44)63/h5-6,11,13,17,22,25-26,28-33,39-40,44,56H,4,7-10,12,14-16,18-21,23-24H2,1-3H3,(H,55,64)(H,57,62,63). The first-order chi connectivity index (χ1) is 31.0. The van der Waals surface area contributed by atoms with E-state index in [1.165, 1.54) is 6.07 Å². The number of rotatable bonds is 11. The summed E-state index contributed by atoms with van der Waals surface area (Å²) in [5, 5.41) is 23.2. The molecule has 4 fully saturated rings. The molecule has 4 aromatic heterocycles. The molecule has 1 atom stereocenters. The third-order valence-corrected chi connectivity index (χ3v) is 14.6. The SMILES string of the molecule is CCC1(C(=O)NC(C)C)CCN(c2ccc(-c3cc(-c4ccn(C5CCC(N6CCC(c7ccc(NC8CCC(=O)NC8=O)cc7F)CC6)CC5)c4)cn4ncc(C#N)c34)cn2)CC1. The molecule has 1 unspecified atom stereocenters. The van der Waals surface area contributed by atoms with Crippen LogP contribution in [0.5, 0.6) is 0 Å². The Labute approximate surface area is 374 Å². The van der Waals surface area contributed by atoms with Crippen LogP contribution < -0.4 is 20.9 Å². The normalized spacial score (nSPS) is 22.1. The Kier molecular flexibility index (Phi) is 12.3. The third-order valence-electron chi connectivity index (χ3n) is 14.6. The van der Waals surface area contributed by atoms with E-state index in [-0.39, 0.29) is 47.3 Å². The van der Waals surface area contributed by atoms with Crippen LogP contribution in [-0.2, 0) is 14.4 Å². The fourth-order valence-electron chi connectivity index (χ4n) is 10.7. The monoisotopic (exact) mass is 866 g/mol. The second-order valence-corrected chi connectivity index (χ2v) is 18.8. The minimum atomic E-state index is -0.540. The smallest absolute Gasteiger partial charge is 0.249 e. The largest absolute Gasteiger partial charge is 0.374 e. The summed E-state index contributed by atoms with van der Waals surface area (Å²) in [5.74, 6) is 0.317. The van der Waals surface area contributed by atoms with Gasteiger partial charge < -0.3 is 25.0 Å². The molecule has 334 valence electrons. The van der Waals surface area contributed by atoms with Crippen LogP contribution in [-0.4, -0.2) is 86.1 Å². The molecule has 14 heteroatoms. The molecule has 4 aliphatic rings. The number of carbonyl (C=O) groups is 3. The van der Waals surface area contributed by atoms with Gasteiger partial charge >= 0.3 is 0 Å². The van der Waals surface area contributed by atoms with Crippen molar-refractivity contribution < 1.29 is 18.8 Å². The molecule has 0 radical (unpaired) electrons. The first-order valence-corrected chi connectivity index (χ1v) is 23.3. The fraction of sp³-hybridized carbons (Fsp3) is 0.480. The zero-order chi connectivity index (χ0) is 44.5. The number of halogens is 1. The van der Waals surface area contributed by atoms with E-state index in [9.17, 15) is 19.6 Å². The van der Waals surface area contributed by atoms with Crippen molar-refractivity contribution in [3.63, 3.8) is 0 Å². The van der Waals surface area contributed by atoms with Crippen LogP contribution in [0.1, 0.15) is 114 Å². The number of nitriles is 1. The minimum Gasteiger partial charge on any atom is -0.374 e. The van der Waals surface area contributed by atoms with Gasteiger partial charge in [-0.15, -0.1) is 0 Å². The molecule has 7 heterocycles. The lowest BCUT2D eigenvalue weighted by Gasteiger charge is -2.41. The highest BCUT2D eigenvalue weighted by atomic mass is 19.1. The quantitative estimate of drug-likeness (QED) is 0.112. The van der Waals surface area contributed by atoms with Crippen molar-refractivity contribution in [2.45, 2.75) is 121 Å². The number of amides is 3. The first-order valence-electron chi connectivity index (χ1n) is 23.3. The molecular formula is C50H59FN10O3. The van der Waals surface area contributed by atoms with Gasteiger partial charge in [-0.3, -0.25) is 19.7 Å². The topological polar surface area (TPSA) is 153 Å². The van der Waals surface area contributed by atoms with Gasteiger partial charge in [0.25, 0.3) is 0 Å². The Morgan fingerprint density at radius 3 is 2.36 bits per heavy atom. The first kappa shape index (κ1) is 43.2. The average Bonchev–Trinajstić information content (AvgIpc) is 3.98. The van der Waals surface area contributed by atoms with Crippen LogP contribution in [0.15, 0.2) is 73.4 Å². The van der Waals surface area contributed by atoms with Gasteiger partial charge in [0.2, 0.25) is 17.7 Å². The lowest BCUT2D eigenvalue weighted by molar-refractivity contribution is -0.134. The van der Waals surface area contributed by atoms with Gasteiger partial charge in [-0.1, -0.05) is 13.0 Å². The lowest BCUT2D eigenvalue weighted by Crippen LogP contribution is -2.50. The molecule has 0 bridgehead atoms. The number of likely N-dealkylation sites (tertiary alicyclic amines) is 1. The van der Waals surface area contributed by atoms with E-state index < -0.39 is 6.04 Å². The van der Waals surface area contributed by atoms with Crippen molar-refractivity contribution in [1.29, 1.82) is 5.26 Å². The van der Waals surface area contributed by atoms with Gasteiger partial charge in [0.05, 0.1) is 22.7 Å². The molecule has 1 aromatic carbocycles. The molecule has 3 amide bonds. The Balaban J connectivity index is 0.816.